The average Bonchev–Trinajstić information content (AvgIpc) is 2.29. The van der Waals surface area contributed by atoms with E-state index in [0.29, 0.717) is 0 Å². The number of pyridine rings is 1. The largest absolute Gasteiger partial charge is 0.265 e. The van der Waals surface area contributed by atoms with Crippen LogP contribution in [-0.2, 0) is 0 Å². The summed E-state index contributed by atoms with van der Waals surface area (Å²) in [6, 6.07) is 13.8. The van der Waals surface area contributed by atoms with Gasteiger partial charge in [-0.25, -0.2) is 0 Å². The first kappa shape index (κ1) is 8.56. The third-order valence-corrected chi connectivity index (χ3v) is 1.64. The van der Waals surface area contributed by atoms with Gasteiger partial charge in [-0.3, -0.25) is 4.98 Å². The van der Waals surface area contributed by atoms with Crippen LogP contribution >= 0.6 is 0 Å². The number of hydrogen-bond acceptors (Lipinski definition) is 3. The van der Waals surface area contributed by atoms with E-state index in [4.69, 9.17) is 0 Å². The van der Waals surface area contributed by atoms with Crippen LogP contribution in [0.15, 0.2) is 59.0 Å². The van der Waals surface area contributed by atoms with Crippen molar-refractivity contribution < 1.29 is 0 Å². The SMILES string of the molecule is [c]1ccc(N=Nc2ccncc2)cc1. The summed E-state index contributed by atoms with van der Waals surface area (Å²) in [6.07, 6.45) is 3.38. The Hall–Kier alpha value is -2.03. The molecule has 2 aromatic rings. The van der Waals surface area contributed by atoms with Crippen molar-refractivity contribution in [3.8, 4) is 0 Å². The van der Waals surface area contributed by atoms with E-state index in [1.165, 1.54) is 0 Å². The van der Waals surface area contributed by atoms with Gasteiger partial charge in [-0.2, -0.15) is 10.2 Å². The number of benzene rings is 1. The molecule has 0 spiro atoms. The van der Waals surface area contributed by atoms with Crippen molar-refractivity contribution in [1.82, 2.24) is 4.98 Å². The summed E-state index contributed by atoms with van der Waals surface area (Å²) in [4.78, 5) is 3.89. The van der Waals surface area contributed by atoms with Gasteiger partial charge < -0.3 is 0 Å². The van der Waals surface area contributed by atoms with E-state index in [9.17, 15) is 0 Å². The highest BCUT2D eigenvalue weighted by atomic mass is 15.1. The second-order valence-electron chi connectivity index (χ2n) is 2.66. The smallest absolute Gasteiger partial charge is 0.0887 e. The van der Waals surface area contributed by atoms with E-state index < -0.39 is 0 Å². The molecule has 0 N–H and O–H groups in total. The molecule has 0 saturated heterocycles. The fourth-order valence-corrected chi connectivity index (χ4v) is 0.971. The Morgan fingerprint density at radius 3 is 2.07 bits per heavy atom. The van der Waals surface area contributed by atoms with Gasteiger partial charge in [0.15, 0.2) is 0 Å². The van der Waals surface area contributed by atoms with Crippen LogP contribution in [0.25, 0.3) is 0 Å². The lowest BCUT2D eigenvalue weighted by molar-refractivity contribution is 1.21. The monoisotopic (exact) mass is 182 g/mol. The fourth-order valence-electron chi connectivity index (χ4n) is 0.971. The first-order chi connectivity index (χ1) is 6.95. The lowest BCUT2D eigenvalue weighted by Gasteiger charge is -1.90. The zero-order chi connectivity index (χ0) is 9.64. The third kappa shape index (κ3) is 2.23. The van der Waals surface area contributed by atoms with Crippen molar-refractivity contribution in [2.24, 2.45) is 10.2 Å². The summed E-state index contributed by atoms with van der Waals surface area (Å²) < 4.78 is 0. The lowest BCUT2D eigenvalue weighted by atomic mass is 10.3. The summed E-state index contributed by atoms with van der Waals surface area (Å²) in [5.74, 6) is 0. The van der Waals surface area contributed by atoms with Crippen LogP contribution < -0.4 is 0 Å². The quantitative estimate of drug-likeness (QED) is 0.656. The van der Waals surface area contributed by atoms with E-state index in [1.807, 2.05) is 12.1 Å². The van der Waals surface area contributed by atoms with Crippen molar-refractivity contribution in [3.05, 3.63) is 54.9 Å². The predicted molar refractivity (Wildman–Crippen MR) is 53.7 cm³/mol. The molecule has 0 aliphatic heterocycles. The zero-order valence-corrected chi connectivity index (χ0v) is 7.46. The number of rotatable bonds is 2. The minimum absolute atomic E-state index is 0.799. The Kier molecular flexibility index (Phi) is 2.62. The first-order valence-electron chi connectivity index (χ1n) is 4.23. The molecule has 0 atom stereocenters. The molecule has 1 aromatic heterocycles. The Bertz CT molecular complexity index is 368. The summed E-state index contributed by atoms with van der Waals surface area (Å²) in [7, 11) is 0. The predicted octanol–water partition coefficient (Wildman–Crippen LogP) is 3.30. The molecule has 1 aromatic carbocycles. The Morgan fingerprint density at radius 2 is 1.43 bits per heavy atom. The summed E-state index contributed by atoms with van der Waals surface area (Å²) in [6.45, 7) is 0. The second-order valence-corrected chi connectivity index (χ2v) is 2.66. The van der Waals surface area contributed by atoms with E-state index in [-0.39, 0.29) is 0 Å². The molecule has 67 valence electrons. The molecule has 14 heavy (non-hydrogen) atoms. The van der Waals surface area contributed by atoms with Crippen LogP contribution in [-0.4, -0.2) is 4.98 Å². The lowest BCUT2D eigenvalue weighted by Crippen LogP contribution is -1.66. The number of nitrogens with zero attached hydrogens (tertiary/aromatic N) is 3. The molecule has 0 bridgehead atoms. The van der Waals surface area contributed by atoms with E-state index >= 15 is 0 Å². The van der Waals surface area contributed by atoms with Gasteiger partial charge in [0.05, 0.1) is 11.4 Å². The normalized spacial score (nSPS) is 10.6. The molecule has 0 aliphatic carbocycles. The summed E-state index contributed by atoms with van der Waals surface area (Å²) in [5, 5.41) is 8.10. The molecule has 1 heterocycles. The molecule has 0 amide bonds. The van der Waals surface area contributed by atoms with Crippen molar-refractivity contribution in [1.29, 1.82) is 0 Å². The molecular formula is C11H8N3. The number of azo groups is 1. The molecule has 0 unspecified atom stereocenters. The van der Waals surface area contributed by atoms with Crippen LogP contribution in [0, 0.1) is 6.07 Å². The highest BCUT2D eigenvalue weighted by molar-refractivity contribution is 5.37. The van der Waals surface area contributed by atoms with Crippen LogP contribution in [0.3, 0.4) is 0 Å². The second kappa shape index (κ2) is 4.28. The van der Waals surface area contributed by atoms with Crippen molar-refractivity contribution in [2.45, 2.75) is 0 Å². The van der Waals surface area contributed by atoms with Crippen LogP contribution in [0.4, 0.5) is 11.4 Å². The van der Waals surface area contributed by atoms with E-state index in [2.05, 4.69) is 21.3 Å². The van der Waals surface area contributed by atoms with E-state index in [0.717, 1.165) is 11.4 Å². The number of aromatic nitrogens is 1. The molecule has 3 heteroatoms. The Balaban J connectivity index is 2.16. The molecule has 1 radical (unpaired) electrons. The van der Waals surface area contributed by atoms with Gasteiger partial charge in [0.2, 0.25) is 0 Å². The van der Waals surface area contributed by atoms with Gasteiger partial charge in [0.25, 0.3) is 0 Å². The van der Waals surface area contributed by atoms with Crippen molar-refractivity contribution in [2.75, 3.05) is 0 Å². The number of hydrogen-bond donors (Lipinski definition) is 0. The van der Waals surface area contributed by atoms with Crippen LogP contribution in [0.5, 0.6) is 0 Å². The minimum atomic E-state index is 0.799. The average molecular weight is 182 g/mol. The first-order valence-corrected chi connectivity index (χ1v) is 4.23. The van der Waals surface area contributed by atoms with Gasteiger partial charge in [0.1, 0.15) is 0 Å². The molecule has 0 fully saturated rings. The Labute approximate surface area is 82.2 Å². The van der Waals surface area contributed by atoms with Crippen LogP contribution in [0.1, 0.15) is 0 Å². The van der Waals surface area contributed by atoms with Gasteiger partial charge in [-0.1, -0.05) is 12.1 Å². The topological polar surface area (TPSA) is 37.6 Å². The summed E-state index contributed by atoms with van der Waals surface area (Å²) >= 11 is 0. The standard InChI is InChI=1S/C11H8N3/c1-2-4-10(5-3-1)13-14-11-6-8-12-9-7-11/h2-9H. The molecule has 3 nitrogen and oxygen atoms in total. The van der Waals surface area contributed by atoms with Crippen molar-refractivity contribution >= 4 is 11.4 Å². The van der Waals surface area contributed by atoms with Gasteiger partial charge in [-0.15, -0.1) is 0 Å². The zero-order valence-electron chi connectivity index (χ0n) is 7.46. The highest BCUT2D eigenvalue weighted by Gasteiger charge is 1.87. The van der Waals surface area contributed by atoms with Gasteiger partial charge in [-0.05, 0) is 30.3 Å². The molecule has 2 rings (SSSR count). The van der Waals surface area contributed by atoms with E-state index in [1.54, 1.807) is 36.7 Å². The van der Waals surface area contributed by atoms with Gasteiger partial charge >= 0.3 is 0 Å². The minimum Gasteiger partial charge on any atom is -0.265 e. The molecular weight excluding hydrogens is 174 g/mol. The maximum absolute atomic E-state index is 4.05. The third-order valence-electron chi connectivity index (χ3n) is 1.64. The maximum atomic E-state index is 4.05. The highest BCUT2D eigenvalue weighted by Crippen LogP contribution is 2.15. The molecule has 0 saturated carbocycles. The van der Waals surface area contributed by atoms with Gasteiger partial charge in [0, 0.05) is 12.4 Å². The fraction of sp³-hybridized carbons (Fsp3) is 0. The van der Waals surface area contributed by atoms with Crippen LogP contribution in [0.2, 0.25) is 0 Å². The summed E-state index contributed by atoms with van der Waals surface area (Å²) in [5.41, 5.74) is 1.62. The van der Waals surface area contributed by atoms with Crippen molar-refractivity contribution in [3.63, 3.8) is 0 Å². The maximum Gasteiger partial charge on any atom is 0.0887 e. The Morgan fingerprint density at radius 1 is 0.857 bits per heavy atom. The molecule has 0 aliphatic rings.